The fourth-order valence-corrected chi connectivity index (χ4v) is 2.41. The van der Waals surface area contributed by atoms with Crippen molar-refractivity contribution in [1.82, 2.24) is 0 Å². The number of nitrogens with two attached hydrogens (primary N) is 1. The monoisotopic (exact) mass is 269 g/mol. The summed E-state index contributed by atoms with van der Waals surface area (Å²) in [5, 5.41) is 0. The van der Waals surface area contributed by atoms with Crippen LogP contribution in [0.25, 0.3) is 0 Å². The molecule has 1 atom stereocenters. The van der Waals surface area contributed by atoms with E-state index in [4.69, 9.17) is 10.5 Å². The Morgan fingerprint density at radius 3 is 2.30 bits per heavy atom. The molecule has 0 radical (unpaired) electrons. The van der Waals surface area contributed by atoms with Gasteiger partial charge in [0.25, 0.3) is 0 Å². The van der Waals surface area contributed by atoms with Gasteiger partial charge in [0.2, 0.25) is 0 Å². The number of benzene rings is 2. The maximum absolute atomic E-state index is 6.38. The van der Waals surface area contributed by atoms with E-state index in [1.165, 1.54) is 5.56 Å². The topological polar surface area (TPSA) is 35.2 Å². The molecule has 0 aliphatic heterocycles. The Balaban J connectivity index is 2.25. The molecule has 0 aliphatic rings. The van der Waals surface area contributed by atoms with Crippen LogP contribution in [-0.4, -0.2) is 7.11 Å². The minimum atomic E-state index is -0.114. The van der Waals surface area contributed by atoms with E-state index in [-0.39, 0.29) is 6.04 Å². The van der Waals surface area contributed by atoms with Crippen LogP contribution in [0.3, 0.4) is 0 Å². The summed E-state index contributed by atoms with van der Waals surface area (Å²) in [6.45, 7) is 4.46. The molecule has 2 nitrogen and oxygen atoms in total. The zero-order valence-corrected chi connectivity index (χ0v) is 12.5. The lowest BCUT2D eigenvalue weighted by Gasteiger charge is -2.15. The maximum Gasteiger partial charge on any atom is 0.119 e. The highest BCUT2D eigenvalue weighted by atomic mass is 16.5. The van der Waals surface area contributed by atoms with E-state index in [2.05, 4.69) is 38.1 Å². The number of ether oxygens (including phenoxy) is 1. The SMILES string of the molecule is COc1cccc(C(N)c2cccc(CC(C)C)c2)c1. The van der Waals surface area contributed by atoms with Crippen LogP contribution in [0.4, 0.5) is 0 Å². The van der Waals surface area contributed by atoms with Gasteiger partial charge in [0.05, 0.1) is 13.2 Å². The molecule has 2 N–H and O–H groups in total. The quantitative estimate of drug-likeness (QED) is 0.892. The van der Waals surface area contributed by atoms with Gasteiger partial charge < -0.3 is 10.5 Å². The highest BCUT2D eigenvalue weighted by molar-refractivity contribution is 5.37. The van der Waals surface area contributed by atoms with E-state index < -0.39 is 0 Å². The Morgan fingerprint density at radius 2 is 1.65 bits per heavy atom. The van der Waals surface area contributed by atoms with E-state index in [1.807, 2.05) is 24.3 Å². The first kappa shape index (κ1) is 14.6. The minimum Gasteiger partial charge on any atom is -0.497 e. The van der Waals surface area contributed by atoms with E-state index in [9.17, 15) is 0 Å². The van der Waals surface area contributed by atoms with Gasteiger partial charge in [-0.05, 0) is 41.2 Å². The summed E-state index contributed by atoms with van der Waals surface area (Å²) in [6.07, 6.45) is 1.08. The summed E-state index contributed by atoms with van der Waals surface area (Å²) in [5.41, 5.74) is 9.95. The smallest absolute Gasteiger partial charge is 0.119 e. The average molecular weight is 269 g/mol. The number of hydrogen-bond donors (Lipinski definition) is 1. The van der Waals surface area contributed by atoms with Gasteiger partial charge in [0.1, 0.15) is 5.75 Å². The fraction of sp³-hybridized carbons (Fsp3) is 0.333. The lowest BCUT2D eigenvalue weighted by Crippen LogP contribution is -2.12. The number of rotatable bonds is 5. The molecule has 20 heavy (non-hydrogen) atoms. The van der Waals surface area contributed by atoms with Crippen molar-refractivity contribution in [2.75, 3.05) is 7.11 Å². The molecule has 0 aromatic heterocycles. The highest BCUT2D eigenvalue weighted by Gasteiger charge is 2.10. The molecule has 2 aromatic rings. The zero-order valence-electron chi connectivity index (χ0n) is 12.5. The Bertz CT molecular complexity index is 563. The maximum atomic E-state index is 6.38. The van der Waals surface area contributed by atoms with Crippen molar-refractivity contribution >= 4 is 0 Å². The lowest BCUT2D eigenvalue weighted by molar-refractivity contribution is 0.414. The van der Waals surface area contributed by atoms with Crippen molar-refractivity contribution < 1.29 is 4.74 Å². The van der Waals surface area contributed by atoms with Crippen LogP contribution in [0.5, 0.6) is 5.75 Å². The zero-order chi connectivity index (χ0) is 14.5. The molecule has 0 saturated heterocycles. The Kier molecular flexibility index (Phi) is 4.80. The first-order valence-electron chi connectivity index (χ1n) is 7.08. The normalized spacial score (nSPS) is 12.4. The standard InChI is InChI=1S/C18H23NO/c1-13(2)10-14-6-4-7-15(11-14)18(19)16-8-5-9-17(12-16)20-3/h4-9,11-13,18H,10,19H2,1-3H3. The summed E-state index contributed by atoms with van der Waals surface area (Å²) in [7, 11) is 1.67. The second-order valence-electron chi connectivity index (χ2n) is 5.60. The summed E-state index contributed by atoms with van der Waals surface area (Å²) < 4.78 is 5.26. The van der Waals surface area contributed by atoms with Gasteiger partial charge in [-0.15, -0.1) is 0 Å². The van der Waals surface area contributed by atoms with Crippen LogP contribution in [0, 0.1) is 5.92 Å². The average Bonchev–Trinajstić information content (AvgIpc) is 2.46. The Labute approximate surface area is 121 Å². The van der Waals surface area contributed by atoms with Crippen LogP contribution in [0.1, 0.15) is 36.6 Å². The van der Waals surface area contributed by atoms with Gasteiger partial charge in [-0.25, -0.2) is 0 Å². The van der Waals surface area contributed by atoms with Gasteiger partial charge in [0.15, 0.2) is 0 Å². The molecule has 106 valence electrons. The molecule has 1 unspecified atom stereocenters. The van der Waals surface area contributed by atoms with Crippen LogP contribution < -0.4 is 10.5 Å². The van der Waals surface area contributed by atoms with E-state index >= 15 is 0 Å². The second kappa shape index (κ2) is 6.58. The second-order valence-corrected chi connectivity index (χ2v) is 5.60. The molecule has 0 fully saturated rings. The molecule has 0 heterocycles. The molecular formula is C18H23NO. The van der Waals surface area contributed by atoms with Crippen molar-refractivity contribution in [1.29, 1.82) is 0 Å². The predicted octanol–water partition coefficient (Wildman–Crippen LogP) is 3.94. The third-order valence-electron chi connectivity index (χ3n) is 3.41. The van der Waals surface area contributed by atoms with Crippen molar-refractivity contribution in [2.24, 2.45) is 11.7 Å². The van der Waals surface area contributed by atoms with E-state index in [0.29, 0.717) is 5.92 Å². The van der Waals surface area contributed by atoms with E-state index in [1.54, 1.807) is 7.11 Å². The third kappa shape index (κ3) is 3.61. The molecule has 0 amide bonds. The fourth-order valence-electron chi connectivity index (χ4n) is 2.41. The van der Waals surface area contributed by atoms with E-state index in [0.717, 1.165) is 23.3 Å². The summed E-state index contributed by atoms with van der Waals surface area (Å²) in [4.78, 5) is 0. The molecule has 0 saturated carbocycles. The van der Waals surface area contributed by atoms with Crippen LogP contribution in [-0.2, 0) is 6.42 Å². The Hall–Kier alpha value is -1.80. The largest absolute Gasteiger partial charge is 0.497 e. The molecular weight excluding hydrogens is 246 g/mol. The van der Waals surface area contributed by atoms with Crippen LogP contribution in [0.2, 0.25) is 0 Å². The first-order chi connectivity index (χ1) is 9.60. The third-order valence-corrected chi connectivity index (χ3v) is 3.41. The molecule has 2 heteroatoms. The highest BCUT2D eigenvalue weighted by Crippen LogP contribution is 2.24. The Morgan fingerprint density at radius 1 is 1.00 bits per heavy atom. The number of methoxy groups -OCH3 is 1. The summed E-state index contributed by atoms with van der Waals surface area (Å²) in [5.74, 6) is 1.49. The number of hydrogen-bond acceptors (Lipinski definition) is 2. The van der Waals surface area contributed by atoms with Crippen LogP contribution in [0.15, 0.2) is 48.5 Å². The molecule has 0 spiro atoms. The minimum absolute atomic E-state index is 0.114. The molecule has 2 aromatic carbocycles. The van der Waals surface area contributed by atoms with Crippen molar-refractivity contribution in [3.63, 3.8) is 0 Å². The van der Waals surface area contributed by atoms with Crippen molar-refractivity contribution in [3.8, 4) is 5.75 Å². The first-order valence-corrected chi connectivity index (χ1v) is 7.08. The lowest BCUT2D eigenvalue weighted by atomic mass is 9.95. The van der Waals surface area contributed by atoms with Gasteiger partial charge in [-0.2, -0.15) is 0 Å². The van der Waals surface area contributed by atoms with Gasteiger partial charge >= 0.3 is 0 Å². The molecule has 0 bridgehead atoms. The van der Waals surface area contributed by atoms with Gasteiger partial charge in [0, 0.05) is 0 Å². The van der Waals surface area contributed by atoms with Crippen LogP contribution >= 0.6 is 0 Å². The predicted molar refractivity (Wildman–Crippen MR) is 84.0 cm³/mol. The summed E-state index contributed by atoms with van der Waals surface area (Å²) in [6, 6.07) is 16.4. The van der Waals surface area contributed by atoms with Crippen molar-refractivity contribution in [2.45, 2.75) is 26.3 Å². The van der Waals surface area contributed by atoms with Crippen molar-refractivity contribution in [3.05, 3.63) is 65.2 Å². The summed E-state index contributed by atoms with van der Waals surface area (Å²) >= 11 is 0. The van der Waals surface area contributed by atoms with Gasteiger partial charge in [-0.1, -0.05) is 50.2 Å². The van der Waals surface area contributed by atoms with Gasteiger partial charge in [-0.3, -0.25) is 0 Å². The molecule has 0 aliphatic carbocycles. The molecule has 2 rings (SSSR count).